The summed E-state index contributed by atoms with van der Waals surface area (Å²) in [5.41, 5.74) is 1.53. The first kappa shape index (κ1) is 13.9. The Labute approximate surface area is 122 Å². The number of rotatable bonds is 2. The van der Waals surface area contributed by atoms with Crippen molar-refractivity contribution in [3.05, 3.63) is 29.8 Å². The summed E-state index contributed by atoms with van der Waals surface area (Å²) in [7, 11) is 0. The van der Waals surface area contributed by atoms with E-state index in [9.17, 15) is 5.11 Å². The minimum atomic E-state index is 0.186. The second-order valence-corrected chi connectivity index (χ2v) is 6.81. The summed E-state index contributed by atoms with van der Waals surface area (Å²) in [6, 6.07) is 8.03. The molecule has 2 fully saturated rings. The number of likely N-dealkylation sites (tertiary alicyclic amines) is 1. The molecular weight excluding hydrogens is 246 g/mol. The van der Waals surface area contributed by atoms with Crippen LogP contribution in [0.5, 0.6) is 5.75 Å². The van der Waals surface area contributed by atoms with E-state index in [4.69, 9.17) is 0 Å². The van der Waals surface area contributed by atoms with Gasteiger partial charge in [0, 0.05) is 5.54 Å². The lowest BCUT2D eigenvalue weighted by molar-refractivity contribution is 0.0194. The van der Waals surface area contributed by atoms with E-state index in [-0.39, 0.29) is 5.54 Å². The Hall–Kier alpha value is -1.02. The SMILES string of the molecule is CC1CCC(c2cccc(O)c2)(N2CCCCC2)CC1. The number of nitrogens with zero attached hydrogens (tertiary/aromatic N) is 1. The number of aromatic hydroxyl groups is 1. The summed E-state index contributed by atoms with van der Waals surface area (Å²) in [5, 5.41) is 9.89. The van der Waals surface area contributed by atoms with E-state index in [1.54, 1.807) is 6.07 Å². The number of hydrogen-bond acceptors (Lipinski definition) is 2. The quantitative estimate of drug-likeness (QED) is 0.869. The normalized spacial score (nSPS) is 32.1. The molecule has 20 heavy (non-hydrogen) atoms. The Kier molecular flexibility index (Phi) is 4.02. The molecule has 1 heterocycles. The fourth-order valence-corrected chi connectivity index (χ4v) is 4.14. The van der Waals surface area contributed by atoms with Gasteiger partial charge in [0.25, 0.3) is 0 Å². The first-order valence-corrected chi connectivity index (χ1v) is 8.25. The molecule has 2 nitrogen and oxygen atoms in total. The molecule has 1 aromatic rings. The molecular formula is C18H27NO. The third-order valence-electron chi connectivity index (χ3n) is 5.45. The zero-order chi connectivity index (χ0) is 14.0. The lowest BCUT2D eigenvalue weighted by Gasteiger charge is -2.50. The van der Waals surface area contributed by atoms with Crippen molar-refractivity contribution in [2.45, 2.75) is 57.4 Å². The van der Waals surface area contributed by atoms with Gasteiger partial charge in [0.1, 0.15) is 5.75 Å². The number of phenols is 1. The number of benzene rings is 1. The molecule has 1 N–H and O–H groups in total. The Morgan fingerprint density at radius 1 is 1.10 bits per heavy atom. The van der Waals surface area contributed by atoms with E-state index >= 15 is 0 Å². The van der Waals surface area contributed by atoms with Gasteiger partial charge in [-0.15, -0.1) is 0 Å². The third-order valence-corrected chi connectivity index (χ3v) is 5.45. The van der Waals surface area contributed by atoms with Crippen LogP contribution in [0.25, 0.3) is 0 Å². The maximum Gasteiger partial charge on any atom is 0.115 e. The van der Waals surface area contributed by atoms with Crippen molar-refractivity contribution in [2.75, 3.05) is 13.1 Å². The van der Waals surface area contributed by atoms with Crippen LogP contribution in [-0.2, 0) is 5.54 Å². The molecule has 2 heteroatoms. The van der Waals surface area contributed by atoms with E-state index in [1.165, 1.54) is 63.6 Å². The summed E-state index contributed by atoms with van der Waals surface area (Å²) in [5.74, 6) is 1.27. The maximum atomic E-state index is 9.89. The van der Waals surface area contributed by atoms with Gasteiger partial charge in [-0.2, -0.15) is 0 Å². The van der Waals surface area contributed by atoms with Crippen molar-refractivity contribution in [1.29, 1.82) is 0 Å². The predicted molar refractivity (Wildman–Crippen MR) is 82.8 cm³/mol. The van der Waals surface area contributed by atoms with Gasteiger partial charge in [-0.05, 0) is 75.2 Å². The van der Waals surface area contributed by atoms with Crippen LogP contribution in [0.1, 0.15) is 57.4 Å². The van der Waals surface area contributed by atoms with E-state index in [2.05, 4.69) is 17.9 Å². The summed E-state index contributed by atoms with van der Waals surface area (Å²) >= 11 is 0. The van der Waals surface area contributed by atoms with Gasteiger partial charge in [-0.25, -0.2) is 0 Å². The summed E-state index contributed by atoms with van der Waals surface area (Å²) in [4.78, 5) is 2.72. The molecule has 1 aliphatic carbocycles. The van der Waals surface area contributed by atoms with Crippen molar-refractivity contribution < 1.29 is 5.11 Å². The largest absolute Gasteiger partial charge is 0.508 e. The molecule has 0 atom stereocenters. The van der Waals surface area contributed by atoms with E-state index < -0.39 is 0 Å². The lowest BCUT2D eigenvalue weighted by Crippen LogP contribution is -2.50. The number of piperidine rings is 1. The van der Waals surface area contributed by atoms with Crippen LogP contribution in [0.2, 0.25) is 0 Å². The van der Waals surface area contributed by atoms with E-state index in [1.807, 2.05) is 12.1 Å². The smallest absolute Gasteiger partial charge is 0.115 e. The summed E-state index contributed by atoms with van der Waals surface area (Å²) in [6.45, 7) is 4.83. The molecule has 0 radical (unpaired) electrons. The van der Waals surface area contributed by atoms with Crippen molar-refractivity contribution in [3.63, 3.8) is 0 Å². The molecule has 110 valence electrons. The monoisotopic (exact) mass is 273 g/mol. The highest BCUT2D eigenvalue weighted by Crippen LogP contribution is 2.45. The molecule has 1 saturated carbocycles. The minimum Gasteiger partial charge on any atom is -0.508 e. The molecule has 2 aliphatic rings. The molecule has 1 saturated heterocycles. The topological polar surface area (TPSA) is 23.5 Å². The Morgan fingerprint density at radius 2 is 1.80 bits per heavy atom. The predicted octanol–water partition coefficient (Wildman–Crippen LogP) is 4.28. The van der Waals surface area contributed by atoms with Crippen LogP contribution >= 0.6 is 0 Å². The van der Waals surface area contributed by atoms with Crippen LogP contribution in [0, 0.1) is 5.92 Å². The minimum absolute atomic E-state index is 0.186. The van der Waals surface area contributed by atoms with Gasteiger partial charge in [-0.3, -0.25) is 4.90 Å². The van der Waals surface area contributed by atoms with Crippen molar-refractivity contribution in [3.8, 4) is 5.75 Å². The highest BCUT2D eigenvalue weighted by molar-refractivity contribution is 5.33. The van der Waals surface area contributed by atoms with Crippen molar-refractivity contribution in [1.82, 2.24) is 4.90 Å². The second-order valence-electron chi connectivity index (χ2n) is 6.81. The fourth-order valence-electron chi connectivity index (χ4n) is 4.14. The molecule has 1 aromatic carbocycles. The zero-order valence-corrected chi connectivity index (χ0v) is 12.6. The molecule has 0 bridgehead atoms. The summed E-state index contributed by atoms with van der Waals surface area (Å²) in [6.07, 6.45) is 9.16. The lowest BCUT2D eigenvalue weighted by atomic mass is 9.71. The van der Waals surface area contributed by atoms with Crippen molar-refractivity contribution >= 4 is 0 Å². The molecule has 1 aliphatic heterocycles. The summed E-state index contributed by atoms with van der Waals surface area (Å²) < 4.78 is 0. The molecule has 0 amide bonds. The first-order valence-electron chi connectivity index (χ1n) is 8.25. The maximum absolute atomic E-state index is 9.89. The Balaban J connectivity index is 1.94. The number of hydrogen-bond donors (Lipinski definition) is 1. The Morgan fingerprint density at radius 3 is 2.45 bits per heavy atom. The van der Waals surface area contributed by atoms with Gasteiger partial charge < -0.3 is 5.11 Å². The van der Waals surface area contributed by atoms with Crippen molar-refractivity contribution in [2.24, 2.45) is 5.92 Å². The fraction of sp³-hybridized carbons (Fsp3) is 0.667. The average Bonchev–Trinajstić information content (AvgIpc) is 2.49. The highest BCUT2D eigenvalue weighted by atomic mass is 16.3. The van der Waals surface area contributed by atoms with Gasteiger partial charge in [-0.1, -0.05) is 25.5 Å². The average molecular weight is 273 g/mol. The molecule has 3 rings (SSSR count). The molecule has 0 aromatic heterocycles. The standard InChI is InChI=1S/C18H27NO/c1-15-8-10-18(11-9-15,19-12-3-2-4-13-19)16-6-5-7-17(20)14-16/h5-7,14-15,20H,2-4,8-13H2,1H3. The van der Waals surface area contributed by atoms with Gasteiger partial charge >= 0.3 is 0 Å². The first-order chi connectivity index (χ1) is 9.71. The Bertz CT molecular complexity index is 442. The van der Waals surface area contributed by atoms with Gasteiger partial charge in [0.05, 0.1) is 0 Å². The van der Waals surface area contributed by atoms with Crippen LogP contribution in [0.3, 0.4) is 0 Å². The van der Waals surface area contributed by atoms with Crippen LogP contribution in [0.4, 0.5) is 0 Å². The third kappa shape index (κ3) is 2.58. The molecule has 0 unspecified atom stereocenters. The van der Waals surface area contributed by atoms with Crippen LogP contribution in [-0.4, -0.2) is 23.1 Å². The zero-order valence-electron chi connectivity index (χ0n) is 12.6. The molecule has 0 spiro atoms. The number of phenolic OH excluding ortho intramolecular Hbond substituents is 1. The van der Waals surface area contributed by atoms with E-state index in [0.29, 0.717) is 5.75 Å². The van der Waals surface area contributed by atoms with Crippen LogP contribution in [0.15, 0.2) is 24.3 Å². The highest BCUT2D eigenvalue weighted by Gasteiger charge is 2.41. The van der Waals surface area contributed by atoms with Crippen LogP contribution < -0.4 is 0 Å². The second kappa shape index (κ2) is 5.77. The van der Waals surface area contributed by atoms with Gasteiger partial charge in [0.15, 0.2) is 0 Å². The van der Waals surface area contributed by atoms with Gasteiger partial charge in [0.2, 0.25) is 0 Å². The van der Waals surface area contributed by atoms with E-state index in [0.717, 1.165) is 5.92 Å².